The molecule has 130 valence electrons. The molecule has 6 nitrogen and oxygen atoms in total. The van der Waals surface area contributed by atoms with E-state index in [1.54, 1.807) is 18.2 Å². The molecule has 0 saturated heterocycles. The molecule has 2 N–H and O–H groups in total. The lowest BCUT2D eigenvalue weighted by atomic mass is 10.1. The Hall–Kier alpha value is -3.15. The molecule has 6 heteroatoms. The molecule has 0 heterocycles. The maximum atomic E-state index is 12.2. The average molecular weight is 340 g/mol. The Bertz CT molecular complexity index is 815. The highest BCUT2D eigenvalue weighted by atomic mass is 16.5. The fourth-order valence-electron chi connectivity index (χ4n) is 2.40. The fourth-order valence-corrected chi connectivity index (χ4v) is 2.40. The van der Waals surface area contributed by atoms with E-state index in [9.17, 15) is 14.4 Å². The largest absolute Gasteiger partial charge is 0.465 e. The van der Waals surface area contributed by atoms with E-state index in [-0.39, 0.29) is 5.56 Å². The number of nitrogens with one attached hydrogen (secondary N) is 2. The van der Waals surface area contributed by atoms with Gasteiger partial charge in [-0.3, -0.25) is 9.59 Å². The Morgan fingerprint density at radius 1 is 1.00 bits per heavy atom. The molecular formula is C19H20N2O4. The van der Waals surface area contributed by atoms with Gasteiger partial charge in [0, 0.05) is 11.4 Å². The van der Waals surface area contributed by atoms with Gasteiger partial charge in [-0.25, -0.2) is 4.79 Å². The molecule has 25 heavy (non-hydrogen) atoms. The number of carbonyl (C=O) groups is 3. The standard InChI is InChI=1S/C19H20N2O4/c1-4-13-8-5-7-12(2)16(13)21-18(23)17(22)20-15-10-6-9-14(11-15)19(24)25-3/h5-11H,4H2,1-3H3,(H,20,22)(H,21,23). The van der Waals surface area contributed by atoms with Crippen LogP contribution in [0.15, 0.2) is 42.5 Å². The maximum Gasteiger partial charge on any atom is 0.337 e. The number of rotatable bonds is 4. The zero-order chi connectivity index (χ0) is 18.4. The van der Waals surface area contributed by atoms with E-state index in [1.165, 1.54) is 13.2 Å². The summed E-state index contributed by atoms with van der Waals surface area (Å²) < 4.78 is 4.63. The lowest BCUT2D eigenvalue weighted by Crippen LogP contribution is -2.29. The monoisotopic (exact) mass is 340 g/mol. The summed E-state index contributed by atoms with van der Waals surface area (Å²) in [5.74, 6) is -2.10. The van der Waals surface area contributed by atoms with Crippen molar-refractivity contribution < 1.29 is 19.1 Å². The van der Waals surface area contributed by atoms with Gasteiger partial charge in [0.2, 0.25) is 0 Å². The van der Waals surface area contributed by atoms with Crippen LogP contribution < -0.4 is 10.6 Å². The second-order valence-electron chi connectivity index (χ2n) is 5.44. The maximum absolute atomic E-state index is 12.2. The second kappa shape index (κ2) is 8.10. The Kier molecular flexibility index (Phi) is 5.89. The molecule has 0 spiro atoms. The molecular weight excluding hydrogens is 320 g/mol. The first kappa shape index (κ1) is 18.2. The van der Waals surface area contributed by atoms with Crippen molar-refractivity contribution in [1.29, 1.82) is 0 Å². The van der Waals surface area contributed by atoms with E-state index in [1.807, 2.05) is 32.0 Å². The van der Waals surface area contributed by atoms with E-state index in [4.69, 9.17) is 0 Å². The lowest BCUT2D eigenvalue weighted by molar-refractivity contribution is -0.133. The minimum atomic E-state index is -0.813. The quantitative estimate of drug-likeness (QED) is 0.662. The number of anilines is 2. The van der Waals surface area contributed by atoms with Crippen molar-refractivity contribution in [2.45, 2.75) is 20.3 Å². The van der Waals surface area contributed by atoms with Crippen LogP contribution in [-0.2, 0) is 20.7 Å². The Labute approximate surface area is 146 Å². The lowest BCUT2D eigenvalue weighted by Gasteiger charge is -2.13. The summed E-state index contributed by atoms with van der Waals surface area (Å²) in [6.45, 7) is 3.84. The summed E-state index contributed by atoms with van der Waals surface area (Å²) in [5, 5.41) is 5.14. The highest BCUT2D eigenvalue weighted by Crippen LogP contribution is 2.21. The molecule has 0 aliphatic rings. The Balaban J connectivity index is 2.12. The number of hydrogen-bond acceptors (Lipinski definition) is 4. The molecule has 2 amide bonds. The van der Waals surface area contributed by atoms with E-state index < -0.39 is 17.8 Å². The first-order chi connectivity index (χ1) is 12.0. The topological polar surface area (TPSA) is 84.5 Å². The van der Waals surface area contributed by atoms with Crippen LogP contribution in [0.3, 0.4) is 0 Å². The predicted octanol–water partition coefficient (Wildman–Crippen LogP) is 2.92. The molecule has 2 aromatic rings. The number of benzene rings is 2. The van der Waals surface area contributed by atoms with Gasteiger partial charge < -0.3 is 15.4 Å². The smallest absolute Gasteiger partial charge is 0.337 e. The molecule has 0 bridgehead atoms. The average Bonchev–Trinajstić information content (AvgIpc) is 2.62. The van der Waals surface area contributed by atoms with Crippen LogP contribution in [0.1, 0.15) is 28.4 Å². The third-order valence-corrected chi connectivity index (χ3v) is 3.73. The second-order valence-corrected chi connectivity index (χ2v) is 5.44. The van der Waals surface area contributed by atoms with Crippen molar-refractivity contribution in [3.8, 4) is 0 Å². The molecule has 0 aliphatic heterocycles. The van der Waals surface area contributed by atoms with Gasteiger partial charge in [0.15, 0.2) is 0 Å². The van der Waals surface area contributed by atoms with Crippen LogP contribution in [0.2, 0.25) is 0 Å². The van der Waals surface area contributed by atoms with E-state index in [0.29, 0.717) is 11.4 Å². The highest BCUT2D eigenvalue weighted by molar-refractivity contribution is 6.43. The summed E-state index contributed by atoms with van der Waals surface area (Å²) in [4.78, 5) is 35.9. The number of aryl methyl sites for hydroxylation is 2. The first-order valence-corrected chi connectivity index (χ1v) is 7.85. The molecule has 0 fully saturated rings. The molecule has 0 radical (unpaired) electrons. The zero-order valence-electron chi connectivity index (χ0n) is 14.4. The molecule has 2 rings (SSSR count). The fraction of sp³-hybridized carbons (Fsp3) is 0.211. The summed E-state index contributed by atoms with van der Waals surface area (Å²) >= 11 is 0. The van der Waals surface area contributed by atoms with Crippen LogP contribution in [0.25, 0.3) is 0 Å². The van der Waals surface area contributed by atoms with Gasteiger partial charge in [-0.1, -0.05) is 31.2 Å². The van der Waals surface area contributed by atoms with E-state index >= 15 is 0 Å². The molecule has 0 aromatic heterocycles. The van der Waals surface area contributed by atoms with Crippen LogP contribution in [0, 0.1) is 6.92 Å². The van der Waals surface area contributed by atoms with Crippen molar-refractivity contribution in [3.63, 3.8) is 0 Å². The van der Waals surface area contributed by atoms with Crippen molar-refractivity contribution in [3.05, 3.63) is 59.2 Å². The highest BCUT2D eigenvalue weighted by Gasteiger charge is 2.17. The number of ether oxygens (including phenoxy) is 1. The van der Waals surface area contributed by atoms with E-state index in [0.717, 1.165) is 17.5 Å². The summed E-state index contributed by atoms with van der Waals surface area (Å²) in [6, 6.07) is 11.9. The molecule has 0 atom stereocenters. The van der Waals surface area contributed by atoms with Gasteiger partial charge in [-0.05, 0) is 42.7 Å². The van der Waals surface area contributed by atoms with Gasteiger partial charge in [-0.15, -0.1) is 0 Å². The van der Waals surface area contributed by atoms with Gasteiger partial charge in [0.05, 0.1) is 12.7 Å². The van der Waals surface area contributed by atoms with Gasteiger partial charge in [-0.2, -0.15) is 0 Å². The number of amides is 2. The summed E-state index contributed by atoms with van der Waals surface area (Å²) in [5.41, 5.74) is 3.10. The number of esters is 1. The minimum Gasteiger partial charge on any atom is -0.465 e. The van der Waals surface area contributed by atoms with Gasteiger partial charge in [0.1, 0.15) is 0 Å². The van der Waals surface area contributed by atoms with Crippen LogP contribution in [0.5, 0.6) is 0 Å². The van der Waals surface area contributed by atoms with Crippen LogP contribution in [0.4, 0.5) is 11.4 Å². The number of para-hydroxylation sites is 1. The zero-order valence-corrected chi connectivity index (χ0v) is 14.4. The van der Waals surface area contributed by atoms with Crippen LogP contribution in [-0.4, -0.2) is 24.9 Å². The molecule has 0 saturated carbocycles. The summed E-state index contributed by atoms with van der Waals surface area (Å²) in [7, 11) is 1.27. The SMILES string of the molecule is CCc1cccc(C)c1NC(=O)C(=O)Nc1cccc(C(=O)OC)c1. The third kappa shape index (κ3) is 4.44. The Morgan fingerprint density at radius 2 is 1.68 bits per heavy atom. The van der Waals surface area contributed by atoms with Crippen molar-refractivity contribution in [2.24, 2.45) is 0 Å². The first-order valence-electron chi connectivity index (χ1n) is 7.85. The molecule has 0 aliphatic carbocycles. The summed E-state index contributed by atoms with van der Waals surface area (Å²) in [6.07, 6.45) is 0.736. The van der Waals surface area contributed by atoms with Crippen molar-refractivity contribution in [1.82, 2.24) is 0 Å². The minimum absolute atomic E-state index is 0.285. The van der Waals surface area contributed by atoms with Gasteiger partial charge >= 0.3 is 17.8 Å². The normalized spacial score (nSPS) is 10.0. The number of methoxy groups -OCH3 is 1. The number of carbonyl (C=O) groups excluding carboxylic acids is 3. The molecule has 0 unspecified atom stereocenters. The van der Waals surface area contributed by atoms with E-state index in [2.05, 4.69) is 15.4 Å². The molecule has 2 aromatic carbocycles. The van der Waals surface area contributed by atoms with Crippen molar-refractivity contribution in [2.75, 3.05) is 17.7 Å². The number of hydrogen-bond donors (Lipinski definition) is 2. The van der Waals surface area contributed by atoms with Gasteiger partial charge in [0.25, 0.3) is 0 Å². The van der Waals surface area contributed by atoms with Crippen LogP contribution >= 0.6 is 0 Å². The predicted molar refractivity (Wildman–Crippen MR) is 95.6 cm³/mol. The third-order valence-electron chi connectivity index (χ3n) is 3.73. The van der Waals surface area contributed by atoms with Crippen molar-refractivity contribution >= 4 is 29.2 Å². The Morgan fingerprint density at radius 3 is 2.36 bits per heavy atom.